The van der Waals surface area contributed by atoms with Crippen LogP contribution in [-0.4, -0.2) is 62.1 Å². The highest BCUT2D eigenvalue weighted by atomic mass is 35.5. The molecule has 1 aromatic heterocycles. The summed E-state index contributed by atoms with van der Waals surface area (Å²) in [6.07, 6.45) is 3.77. The van der Waals surface area contributed by atoms with Gasteiger partial charge in [0.2, 0.25) is 5.91 Å². The van der Waals surface area contributed by atoms with Crippen LogP contribution >= 0.6 is 11.6 Å². The van der Waals surface area contributed by atoms with Crippen LogP contribution in [0.15, 0.2) is 23.0 Å². The largest absolute Gasteiger partial charge is 0.346 e. The van der Waals surface area contributed by atoms with Crippen LogP contribution in [0.25, 0.3) is 0 Å². The maximum absolute atomic E-state index is 13.2. The SMILES string of the molecule is O=C(Cn1nc2n(c1=O)CCCCC2)N1CCN(C(=O)c2ccc(F)cc2Cl)CC1. The van der Waals surface area contributed by atoms with E-state index in [9.17, 15) is 18.8 Å². The van der Waals surface area contributed by atoms with E-state index in [1.54, 1.807) is 14.4 Å². The normalized spacial score (nSPS) is 16.9. The van der Waals surface area contributed by atoms with Crippen LogP contribution in [0.2, 0.25) is 5.02 Å². The van der Waals surface area contributed by atoms with Gasteiger partial charge in [-0.15, -0.1) is 0 Å². The topological polar surface area (TPSA) is 80.4 Å². The van der Waals surface area contributed by atoms with Gasteiger partial charge in [0.25, 0.3) is 5.91 Å². The van der Waals surface area contributed by atoms with Gasteiger partial charge in [-0.1, -0.05) is 18.0 Å². The molecule has 4 rings (SSSR count). The number of benzene rings is 1. The summed E-state index contributed by atoms with van der Waals surface area (Å²) >= 11 is 5.99. The summed E-state index contributed by atoms with van der Waals surface area (Å²) in [5.74, 6) is -0.242. The molecular formula is C20H23ClFN5O3. The molecule has 2 amide bonds. The van der Waals surface area contributed by atoms with Crippen LogP contribution < -0.4 is 5.69 Å². The van der Waals surface area contributed by atoms with E-state index in [0.717, 1.165) is 37.6 Å². The molecule has 10 heteroatoms. The number of amides is 2. The zero-order valence-corrected chi connectivity index (χ0v) is 17.3. The fourth-order valence-electron chi connectivity index (χ4n) is 3.95. The number of rotatable bonds is 3. The monoisotopic (exact) mass is 435 g/mol. The molecule has 0 N–H and O–H groups in total. The van der Waals surface area contributed by atoms with Crippen molar-refractivity contribution in [2.24, 2.45) is 0 Å². The Morgan fingerprint density at radius 2 is 1.77 bits per heavy atom. The van der Waals surface area contributed by atoms with Gasteiger partial charge in [0, 0.05) is 39.1 Å². The van der Waals surface area contributed by atoms with Crippen molar-refractivity contribution in [1.82, 2.24) is 24.1 Å². The van der Waals surface area contributed by atoms with Crippen LogP contribution in [0.4, 0.5) is 4.39 Å². The highest BCUT2D eigenvalue weighted by molar-refractivity contribution is 6.33. The van der Waals surface area contributed by atoms with Gasteiger partial charge in [-0.2, -0.15) is 5.10 Å². The third-order valence-corrected chi connectivity index (χ3v) is 5.96. The van der Waals surface area contributed by atoms with E-state index in [2.05, 4.69) is 5.10 Å². The van der Waals surface area contributed by atoms with Crippen molar-refractivity contribution in [3.63, 3.8) is 0 Å². The molecular weight excluding hydrogens is 413 g/mol. The zero-order chi connectivity index (χ0) is 21.3. The van der Waals surface area contributed by atoms with E-state index in [0.29, 0.717) is 32.7 Å². The van der Waals surface area contributed by atoms with E-state index < -0.39 is 5.82 Å². The molecule has 0 radical (unpaired) electrons. The predicted molar refractivity (Wildman–Crippen MR) is 108 cm³/mol. The van der Waals surface area contributed by atoms with Crippen LogP contribution in [0.3, 0.4) is 0 Å². The second-order valence-electron chi connectivity index (χ2n) is 7.62. The molecule has 3 heterocycles. The lowest BCUT2D eigenvalue weighted by atomic mass is 10.1. The first-order valence-electron chi connectivity index (χ1n) is 10.1. The summed E-state index contributed by atoms with van der Waals surface area (Å²) in [7, 11) is 0. The van der Waals surface area contributed by atoms with Gasteiger partial charge in [-0.05, 0) is 31.0 Å². The molecule has 0 bridgehead atoms. The highest BCUT2D eigenvalue weighted by Gasteiger charge is 2.27. The van der Waals surface area contributed by atoms with Crippen molar-refractivity contribution in [1.29, 1.82) is 0 Å². The quantitative estimate of drug-likeness (QED) is 0.732. The number of nitrogens with zero attached hydrogens (tertiary/aromatic N) is 5. The average molecular weight is 436 g/mol. The van der Waals surface area contributed by atoms with Gasteiger partial charge in [-0.25, -0.2) is 13.9 Å². The Kier molecular flexibility index (Phi) is 5.90. The first kappa shape index (κ1) is 20.6. The Morgan fingerprint density at radius 1 is 1.03 bits per heavy atom. The van der Waals surface area contributed by atoms with Gasteiger partial charge in [0.05, 0.1) is 10.6 Å². The fourth-order valence-corrected chi connectivity index (χ4v) is 4.20. The molecule has 0 spiro atoms. The smallest absolute Gasteiger partial charge is 0.338 e. The number of aryl methyl sites for hydroxylation is 1. The lowest BCUT2D eigenvalue weighted by molar-refractivity contribution is -0.133. The van der Waals surface area contributed by atoms with Crippen molar-refractivity contribution in [2.75, 3.05) is 26.2 Å². The fraction of sp³-hybridized carbons (Fsp3) is 0.500. The second kappa shape index (κ2) is 8.59. The van der Waals surface area contributed by atoms with Crippen molar-refractivity contribution in [3.8, 4) is 0 Å². The first-order chi connectivity index (χ1) is 14.4. The Bertz CT molecular complexity index is 1030. The number of aromatic nitrogens is 3. The summed E-state index contributed by atoms with van der Waals surface area (Å²) in [4.78, 5) is 41.1. The zero-order valence-electron chi connectivity index (χ0n) is 16.5. The van der Waals surface area contributed by atoms with Crippen LogP contribution in [-0.2, 0) is 24.3 Å². The maximum Gasteiger partial charge on any atom is 0.346 e. The third kappa shape index (κ3) is 4.12. The number of fused-ring (bicyclic) bond motifs is 1. The van der Waals surface area contributed by atoms with Crippen molar-refractivity contribution in [3.05, 3.63) is 50.9 Å². The molecule has 1 fully saturated rings. The average Bonchev–Trinajstić information content (AvgIpc) is 2.89. The second-order valence-corrected chi connectivity index (χ2v) is 8.02. The Hall–Kier alpha value is -2.68. The number of hydrogen-bond donors (Lipinski definition) is 0. The predicted octanol–water partition coefficient (Wildman–Crippen LogP) is 1.55. The highest BCUT2D eigenvalue weighted by Crippen LogP contribution is 2.20. The van der Waals surface area contributed by atoms with E-state index in [4.69, 9.17) is 11.6 Å². The lowest BCUT2D eigenvalue weighted by Crippen LogP contribution is -2.51. The molecule has 0 atom stereocenters. The van der Waals surface area contributed by atoms with E-state index in [1.165, 1.54) is 16.8 Å². The molecule has 2 aromatic rings. The van der Waals surface area contributed by atoms with Gasteiger partial charge in [-0.3, -0.25) is 14.2 Å². The third-order valence-electron chi connectivity index (χ3n) is 5.65. The Morgan fingerprint density at radius 3 is 2.50 bits per heavy atom. The van der Waals surface area contributed by atoms with Gasteiger partial charge in [0.15, 0.2) is 0 Å². The molecule has 1 aromatic carbocycles. The lowest BCUT2D eigenvalue weighted by Gasteiger charge is -2.34. The van der Waals surface area contributed by atoms with Crippen LogP contribution in [0, 0.1) is 5.82 Å². The molecule has 2 aliphatic heterocycles. The standard InChI is InChI=1S/C20H23ClFN5O3/c21-16-12-14(22)5-6-15(16)19(29)25-10-8-24(9-11-25)18(28)13-27-20(30)26-7-3-1-2-4-17(26)23-27/h5-6,12H,1-4,7-11,13H2. The molecule has 8 nitrogen and oxygen atoms in total. The van der Waals surface area contributed by atoms with Crippen LogP contribution in [0.1, 0.15) is 35.4 Å². The first-order valence-corrected chi connectivity index (χ1v) is 10.5. The van der Waals surface area contributed by atoms with Gasteiger partial charge < -0.3 is 9.80 Å². The molecule has 2 aliphatic rings. The number of halogens is 2. The van der Waals surface area contributed by atoms with Crippen molar-refractivity contribution < 1.29 is 14.0 Å². The van der Waals surface area contributed by atoms with Crippen molar-refractivity contribution >= 4 is 23.4 Å². The number of piperazine rings is 1. The number of carbonyl (C=O) groups excluding carboxylic acids is 2. The minimum atomic E-state index is -0.501. The molecule has 0 saturated carbocycles. The van der Waals surface area contributed by atoms with Crippen molar-refractivity contribution in [2.45, 2.75) is 38.8 Å². The van der Waals surface area contributed by atoms with Gasteiger partial charge in [0.1, 0.15) is 18.2 Å². The van der Waals surface area contributed by atoms with E-state index >= 15 is 0 Å². The number of carbonyl (C=O) groups is 2. The van der Waals surface area contributed by atoms with Crippen LogP contribution in [0.5, 0.6) is 0 Å². The van der Waals surface area contributed by atoms with E-state index in [-0.39, 0.29) is 34.6 Å². The molecule has 0 unspecified atom stereocenters. The molecule has 30 heavy (non-hydrogen) atoms. The summed E-state index contributed by atoms with van der Waals surface area (Å²) in [6.45, 7) is 1.93. The molecule has 0 aliphatic carbocycles. The molecule has 160 valence electrons. The Labute approximate surface area is 177 Å². The Balaban J connectivity index is 1.37. The molecule has 1 saturated heterocycles. The number of hydrogen-bond acceptors (Lipinski definition) is 4. The summed E-state index contributed by atoms with van der Waals surface area (Å²) in [5, 5.41) is 4.42. The van der Waals surface area contributed by atoms with Gasteiger partial charge >= 0.3 is 5.69 Å². The summed E-state index contributed by atoms with van der Waals surface area (Å²) in [5.41, 5.74) is 0.00363. The minimum absolute atomic E-state index is 0.0671. The summed E-state index contributed by atoms with van der Waals surface area (Å²) in [6, 6.07) is 3.68. The van der Waals surface area contributed by atoms with E-state index in [1.807, 2.05) is 0 Å². The maximum atomic E-state index is 13.2. The summed E-state index contributed by atoms with van der Waals surface area (Å²) < 4.78 is 16.1. The minimum Gasteiger partial charge on any atom is -0.338 e.